The summed E-state index contributed by atoms with van der Waals surface area (Å²) < 4.78 is 11.4. The molecule has 1 amide bonds. The highest BCUT2D eigenvalue weighted by Gasteiger charge is 2.43. The van der Waals surface area contributed by atoms with E-state index in [0.29, 0.717) is 45.6 Å². The molecule has 2 unspecified atom stereocenters. The number of H-pyrrole nitrogens is 1. The summed E-state index contributed by atoms with van der Waals surface area (Å²) in [6.45, 7) is 4.69. The second-order valence-corrected chi connectivity index (χ2v) is 16.6. The molecule has 2 saturated heterocycles. The second kappa shape index (κ2) is 18.1. The summed E-state index contributed by atoms with van der Waals surface area (Å²) in [7, 11) is 1.67. The number of rotatable bonds is 9. The van der Waals surface area contributed by atoms with Gasteiger partial charge in [-0.05, 0) is 61.1 Å². The lowest BCUT2D eigenvalue weighted by molar-refractivity contribution is -0.142. The molecule has 4 aliphatic heterocycles. The molecule has 7 heterocycles. The number of methoxy groups -OCH3 is 1. The zero-order valence-corrected chi connectivity index (χ0v) is 33.5. The third-order valence-corrected chi connectivity index (χ3v) is 12.9. The number of aliphatic imine (C=N–C) groups is 1. The van der Waals surface area contributed by atoms with Crippen LogP contribution in [-0.2, 0) is 16.1 Å². The highest BCUT2D eigenvalue weighted by atomic mass is 32.1. The fraction of sp³-hybridized carbons (Fsp3) is 0.378. The Hall–Kier alpha value is -5.34. The maximum Gasteiger partial charge on any atom is 0.226 e. The summed E-state index contributed by atoms with van der Waals surface area (Å²) in [6, 6.07) is 21.5. The highest BCUT2D eigenvalue weighted by Crippen LogP contribution is 2.43. The largest absolute Gasteiger partial charge is 0.497 e. The van der Waals surface area contributed by atoms with Crippen molar-refractivity contribution < 1.29 is 19.4 Å². The Balaban J connectivity index is 0.000000608. The number of aromatic amines is 1. The van der Waals surface area contributed by atoms with Crippen LogP contribution in [0.4, 0.5) is 0 Å². The van der Waals surface area contributed by atoms with Crippen LogP contribution in [0.25, 0.3) is 10.6 Å². The third kappa shape index (κ3) is 9.18. The monoisotopic (exact) mass is 799 g/mol. The van der Waals surface area contributed by atoms with Gasteiger partial charge in [0.15, 0.2) is 5.43 Å². The number of carbonyl (C=O) groups is 1. The number of piperidine rings is 2. The summed E-state index contributed by atoms with van der Waals surface area (Å²) in [6.07, 6.45) is 14.8. The number of aliphatic hydroxyl groups is 1. The van der Waals surface area contributed by atoms with Crippen molar-refractivity contribution in [3.63, 3.8) is 0 Å². The maximum absolute atomic E-state index is 14.3. The molecule has 12 nitrogen and oxygen atoms in total. The van der Waals surface area contributed by atoms with E-state index in [1.54, 1.807) is 43.2 Å². The van der Waals surface area contributed by atoms with Gasteiger partial charge in [-0.25, -0.2) is 15.0 Å². The van der Waals surface area contributed by atoms with Crippen LogP contribution in [0.15, 0.2) is 125 Å². The van der Waals surface area contributed by atoms with Crippen LogP contribution in [0, 0.1) is 11.8 Å². The minimum absolute atomic E-state index is 0.0377. The molecule has 0 bridgehead atoms. The van der Waals surface area contributed by atoms with Crippen LogP contribution in [0.5, 0.6) is 5.75 Å². The Morgan fingerprint density at radius 1 is 0.983 bits per heavy atom. The Labute approximate surface area is 342 Å². The number of nitrogens with one attached hydrogen (secondary N) is 1. The lowest BCUT2D eigenvalue weighted by atomic mass is 9.77. The van der Waals surface area contributed by atoms with Crippen LogP contribution in [0.2, 0.25) is 0 Å². The number of hydrogen-bond acceptors (Lipinski definition) is 11. The van der Waals surface area contributed by atoms with E-state index in [0.717, 1.165) is 53.6 Å². The summed E-state index contributed by atoms with van der Waals surface area (Å²) in [5, 5.41) is 12.8. The Bertz CT molecular complexity index is 2240. The van der Waals surface area contributed by atoms with Gasteiger partial charge in [-0.3, -0.25) is 19.5 Å². The molecule has 4 aliphatic rings. The molecule has 2 fully saturated rings. The fourth-order valence-corrected chi connectivity index (χ4v) is 9.59. The zero-order valence-electron chi connectivity index (χ0n) is 32.7. The van der Waals surface area contributed by atoms with Gasteiger partial charge < -0.3 is 24.5 Å². The SMILES string of the molecule is COc1ccc(C2COCC3=C2N=CC3CC2(O)CCN(C(=O)[C@@H]3CCN(Cc4cnc(-c5cncnc5)s4)C[C@H]3c3ccccc3)CC2)cc1.O=c1cc[nH]cc1. The lowest BCUT2D eigenvalue weighted by Crippen LogP contribution is -2.52. The van der Waals surface area contributed by atoms with Crippen molar-refractivity contribution in [1.29, 1.82) is 0 Å². The van der Waals surface area contributed by atoms with Gasteiger partial charge in [0, 0.05) is 110 Å². The molecular weight excluding hydrogens is 751 g/mol. The van der Waals surface area contributed by atoms with Gasteiger partial charge in [0.1, 0.15) is 17.1 Å². The molecule has 0 spiro atoms. The van der Waals surface area contributed by atoms with Crippen molar-refractivity contribution in [3.8, 4) is 16.3 Å². The summed E-state index contributed by atoms with van der Waals surface area (Å²) in [4.78, 5) is 50.7. The number of pyridine rings is 1. The molecule has 0 radical (unpaired) electrons. The van der Waals surface area contributed by atoms with Gasteiger partial charge in [0.25, 0.3) is 0 Å². The maximum atomic E-state index is 14.3. The Morgan fingerprint density at radius 2 is 1.74 bits per heavy atom. The van der Waals surface area contributed by atoms with E-state index < -0.39 is 5.60 Å². The van der Waals surface area contributed by atoms with Gasteiger partial charge in [-0.1, -0.05) is 42.5 Å². The summed E-state index contributed by atoms with van der Waals surface area (Å²) in [5.74, 6) is 1.14. The predicted octanol–water partition coefficient (Wildman–Crippen LogP) is 6.10. The van der Waals surface area contributed by atoms with Gasteiger partial charge in [-0.2, -0.15) is 0 Å². The van der Waals surface area contributed by atoms with E-state index in [1.807, 2.05) is 35.5 Å². The third-order valence-electron chi connectivity index (χ3n) is 11.8. The van der Waals surface area contributed by atoms with Crippen molar-refractivity contribution in [1.82, 2.24) is 29.7 Å². The topological polar surface area (TPSA) is 146 Å². The van der Waals surface area contributed by atoms with E-state index in [-0.39, 0.29) is 35.0 Å². The molecule has 0 saturated carbocycles. The summed E-state index contributed by atoms with van der Waals surface area (Å²) >= 11 is 1.67. The number of hydrogen-bond donors (Lipinski definition) is 2. The van der Waals surface area contributed by atoms with E-state index in [9.17, 15) is 14.7 Å². The first-order valence-electron chi connectivity index (χ1n) is 20.0. The van der Waals surface area contributed by atoms with Gasteiger partial charge in [0.2, 0.25) is 5.91 Å². The molecule has 5 aromatic rings. The number of benzene rings is 2. The number of likely N-dealkylation sites (tertiary alicyclic amines) is 2. The van der Waals surface area contributed by atoms with E-state index >= 15 is 0 Å². The smallest absolute Gasteiger partial charge is 0.226 e. The molecular formula is C45H49N7O5S. The van der Waals surface area contributed by atoms with Crippen molar-refractivity contribution in [2.24, 2.45) is 16.8 Å². The average Bonchev–Trinajstić information content (AvgIpc) is 3.92. The molecule has 300 valence electrons. The molecule has 9 rings (SSSR count). The predicted molar refractivity (Wildman–Crippen MR) is 224 cm³/mol. The quantitative estimate of drug-likeness (QED) is 0.181. The first-order valence-corrected chi connectivity index (χ1v) is 20.8. The molecule has 0 aliphatic carbocycles. The normalized spacial score (nSPS) is 22.8. The zero-order chi connectivity index (χ0) is 39.9. The van der Waals surface area contributed by atoms with Gasteiger partial charge in [-0.15, -0.1) is 11.3 Å². The molecule has 4 atom stereocenters. The minimum Gasteiger partial charge on any atom is -0.497 e. The minimum atomic E-state index is -0.857. The van der Waals surface area contributed by atoms with Crippen LogP contribution in [0.3, 0.4) is 0 Å². The van der Waals surface area contributed by atoms with Crippen molar-refractivity contribution in [2.45, 2.75) is 49.7 Å². The Kier molecular flexibility index (Phi) is 12.3. The number of nitrogens with zero attached hydrogens (tertiary/aromatic N) is 6. The number of amides is 1. The standard InChI is InChI=1S/C40H44N6O4S.C5H5NO/c1-49-31-9-7-28(8-10-31)35-24-50-25-36-29(20-43-37(35)36)17-40(48)12-15-46(16-13-40)39(47)33-11-14-45(23-34(33)27-5-3-2-4-6-27)22-32-21-44-38(51-32)30-18-41-26-42-19-30;7-5-1-3-6-4-2-5/h2-10,18-21,26,29,33-35,48H,11-17,22-25H2,1H3;1-4H,(H,6,7)/t29?,33-,34+,35?;/m1./s1. The number of ether oxygens (including phenoxy) is 2. The highest BCUT2D eigenvalue weighted by molar-refractivity contribution is 7.15. The second-order valence-electron chi connectivity index (χ2n) is 15.5. The number of thiazole rings is 1. The summed E-state index contributed by atoms with van der Waals surface area (Å²) in [5.41, 5.74) is 4.72. The van der Waals surface area contributed by atoms with Crippen LogP contribution in [0.1, 0.15) is 53.5 Å². The molecule has 3 aromatic heterocycles. The van der Waals surface area contributed by atoms with Crippen molar-refractivity contribution >= 4 is 23.5 Å². The fourth-order valence-electron chi connectivity index (χ4n) is 8.66. The number of carbonyl (C=O) groups excluding carboxylic acids is 1. The van der Waals surface area contributed by atoms with Crippen LogP contribution >= 0.6 is 11.3 Å². The van der Waals surface area contributed by atoms with Crippen molar-refractivity contribution in [2.75, 3.05) is 46.5 Å². The molecule has 2 aromatic carbocycles. The molecule has 58 heavy (non-hydrogen) atoms. The van der Waals surface area contributed by atoms with E-state index in [2.05, 4.69) is 61.2 Å². The first-order chi connectivity index (χ1) is 28.4. The van der Waals surface area contributed by atoms with Gasteiger partial charge >= 0.3 is 0 Å². The molecule has 13 heteroatoms. The van der Waals surface area contributed by atoms with Crippen LogP contribution in [-0.4, -0.2) is 99.1 Å². The average molecular weight is 800 g/mol. The van der Waals surface area contributed by atoms with E-state index in [4.69, 9.17) is 14.5 Å². The van der Waals surface area contributed by atoms with Crippen LogP contribution < -0.4 is 10.2 Å². The van der Waals surface area contributed by atoms with Gasteiger partial charge in [0.05, 0.1) is 31.6 Å². The first kappa shape index (κ1) is 39.5. The lowest BCUT2D eigenvalue weighted by Gasteiger charge is -2.44. The molecule has 2 N–H and O–H groups in total. The number of aromatic nitrogens is 4. The van der Waals surface area contributed by atoms with E-state index in [1.165, 1.54) is 34.5 Å². The van der Waals surface area contributed by atoms with Crippen molar-refractivity contribution in [3.05, 3.63) is 142 Å². The Morgan fingerprint density at radius 3 is 2.45 bits per heavy atom.